The third-order valence-corrected chi connectivity index (χ3v) is 5.31. The number of hydrogen-bond acceptors (Lipinski definition) is 6. The highest BCUT2D eigenvalue weighted by Crippen LogP contribution is 2.17. The molecule has 0 unspecified atom stereocenters. The van der Waals surface area contributed by atoms with Crippen LogP contribution in [-0.2, 0) is 16.6 Å². The average Bonchev–Trinajstić information content (AvgIpc) is 2.96. The van der Waals surface area contributed by atoms with E-state index >= 15 is 0 Å². The molecule has 2 rings (SSSR count). The van der Waals surface area contributed by atoms with Gasteiger partial charge in [0.25, 0.3) is 0 Å². The number of aromatic nitrogens is 2. The molecule has 0 atom stereocenters. The maximum atomic E-state index is 11.7. The van der Waals surface area contributed by atoms with Gasteiger partial charge in [-0.15, -0.1) is 10.2 Å². The maximum absolute atomic E-state index is 11.7. The summed E-state index contributed by atoms with van der Waals surface area (Å²) in [5.74, 6) is 1.13. The van der Waals surface area contributed by atoms with E-state index in [4.69, 9.17) is 4.42 Å². The largest absolute Gasteiger partial charge is 0.419 e. The highest BCUT2D eigenvalue weighted by molar-refractivity contribution is 7.89. The lowest BCUT2D eigenvalue weighted by Gasteiger charge is -2.15. The summed E-state index contributed by atoms with van der Waals surface area (Å²) in [6.07, 6.45) is 0.552. The van der Waals surface area contributed by atoms with Crippen LogP contribution in [0.2, 0.25) is 0 Å². The summed E-state index contributed by atoms with van der Waals surface area (Å²) in [6.45, 7) is 1.12. The Hall–Kier alpha value is -1.77. The van der Waals surface area contributed by atoms with Crippen LogP contribution in [0.5, 0.6) is 0 Å². The molecule has 126 valence electrons. The molecule has 0 aliphatic rings. The van der Waals surface area contributed by atoms with Crippen LogP contribution < -0.4 is 0 Å². The third kappa shape index (κ3) is 5.12. The molecule has 0 radical (unpaired) electrons. The highest BCUT2D eigenvalue weighted by Gasteiger charge is 2.14. The van der Waals surface area contributed by atoms with Crippen molar-refractivity contribution >= 4 is 10.0 Å². The molecule has 0 saturated carbocycles. The molecule has 0 fully saturated rings. The first kappa shape index (κ1) is 17.6. The molecule has 0 aliphatic carbocycles. The normalized spacial score (nSPS) is 12.2. The molecule has 0 spiro atoms. The van der Waals surface area contributed by atoms with E-state index in [9.17, 15) is 8.42 Å². The number of rotatable bonds is 8. The van der Waals surface area contributed by atoms with E-state index in [1.807, 2.05) is 42.3 Å². The minimum Gasteiger partial charge on any atom is -0.419 e. The van der Waals surface area contributed by atoms with Crippen molar-refractivity contribution in [1.82, 2.24) is 19.4 Å². The summed E-state index contributed by atoms with van der Waals surface area (Å²) in [5, 5.41) is 8.07. The molecule has 0 N–H and O–H groups in total. The zero-order chi connectivity index (χ0) is 16.9. The van der Waals surface area contributed by atoms with Gasteiger partial charge in [-0.25, -0.2) is 12.7 Å². The molecule has 0 amide bonds. The monoisotopic (exact) mass is 338 g/mol. The second kappa shape index (κ2) is 7.67. The zero-order valence-electron chi connectivity index (χ0n) is 13.6. The molecule has 0 bridgehead atoms. The number of benzene rings is 1. The van der Waals surface area contributed by atoms with Gasteiger partial charge in [-0.1, -0.05) is 18.2 Å². The van der Waals surface area contributed by atoms with Gasteiger partial charge in [0.1, 0.15) is 0 Å². The van der Waals surface area contributed by atoms with Crippen LogP contribution in [0.4, 0.5) is 0 Å². The van der Waals surface area contributed by atoms with E-state index in [1.165, 1.54) is 4.31 Å². The first-order chi connectivity index (χ1) is 10.9. The molecule has 1 heterocycles. The maximum Gasteiger partial charge on any atom is 0.247 e. The predicted octanol–water partition coefficient (Wildman–Crippen LogP) is 1.45. The van der Waals surface area contributed by atoms with Crippen molar-refractivity contribution in [3.8, 4) is 11.5 Å². The zero-order valence-corrected chi connectivity index (χ0v) is 14.5. The van der Waals surface area contributed by atoms with Crippen molar-refractivity contribution in [2.24, 2.45) is 0 Å². The van der Waals surface area contributed by atoms with Gasteiger partial charge in [0.05, 0.1) is 12.3 Å². The summed E-state index contributed by atoms with van der Waals surface area (Å²) in [4.78, 5) is 1.97. The summed E-state index contributed by atoms with van der Waals surface area (Å²) < 4.78 is 30.3. The molecule has 7 nitrogen and oxygen atoms in total. The number of sulfonamides is 1. The van der Waals surface area contributed by atoms with Gasteiger partial charge in [-0.3, -0.25) is 4.90 Å². The molecule has 2 aromatic rings. The van der Waals surface area contributed by atoms with Crippen molar-refractivity contribution < 1.29 is 12.8 Å². The van der Waals surface area contributed by atoms with E-state index in [1.54, 1.807) is 14.1 Å². The fourth-order valence-corrected chi connectivity index (χ4v) is 2.88. The number of nitrogens with zero attached hydrogens (tertiary/aromatic N) is 4. The number of hydrogen-bond donors (Lipinski definition) is 0. The van der Waals surface area contributed by atoms with Crippen molar-refractivity contribution in [2.75, 3.05) is 33.4 Å². The topological polar surface area (TPSA) is 79.5 Å². The SMILES string of the molecule is CN(CCCS(=O)(=O)N(C)C)Cc1nnc(-c2ccccc2)o1. The Labute approximate surface area is 137 Å². The smallest absolute Gasteiger partial charge is 0.247 e. The summed E-state index contributed by atoms with van der Waals surface area (Å²) in [5.41, 5.74) is 0.881. The fourth-order valence-electron chi connectivity index (χ4n) is 2.02. The van der Waals surface area contributed by atoms with E-state index in [2.05, 4.69) is 10.2 Å². The lowest BCUT2D eigenvalue weighted by Crippen LogP contribution is -2.28. The Morgan fingerprint density at radius 3 is 2.43 bits per heavy atom. The Morgan fingerprint density at radius 1 is 1.09 bits per heavy atom. The minimum absolute atomic E-state index is 0.128. The van der Waals surface area contributed by atoms with Gasteiger partial charge < -0.3 is 4.42 Å². The quantitative estimate of drug-likeness (QED) is 0.725. The third-order valence-electron chi connectivity index (χ3n) is 3.39. The van der Waals surface area contributed by atoms with Crippen molar-refractivity contribution in [3.63, 3.8) is 0 Å². The predicted molar refractivity (Wildman–Crippen MR) is 88.2 cm³/mol. The van der Waals surface area contributed by atoms with Crippen LogP contribution in [0.15, 0.2) is 34.7 Å². The molecule has 8 heteroatoms. The van der Waals surface area contributed by atoms with E-state index < -0.39 is 10.0 Å². The van der Waals surface area contributed by atoms with Crippen LogP contribution in [0.3, 0.4) is 0 Å². The molecule has 1 aromatic heterocycles. The van der Waals surface area contributed by atoms with Gasteiger partial charge in [-0.05, 0) is 32.1 Å². The van der Waals surface area contributed by atoms with Crippen molar-refractivity contribution in [3.05, 3.63) is 36.2 Å². The first-order valence-corrected chi connectivity index (χ1v) is 8.96. The standard InChI is InChI=1S/C15H22N4O3S/c1-18(2)23(20,21)11-7-10-19(3)12-14-16-17-15(22-14)13-8-5-4-6-9-13/h4-6,8-9H,7,10-12H2,1-3H3. The van der Waals surface area contributed by atoms with Crippen LogP contribution in [0.1, 0.15) is 12.3 Å². The molecule has 0 aliphatic heterocycles. The lowest BCUT2D eigenvalue weighted by atomic mass is 10.2. The molecule has 23 heavy (non-hydrogen) atoms. The minimum atomic E-state index is -3.14. The fraction of sp³-hybridized carbons (Fsp3) is 0.467. The van der Waals surface area contributed by atoms with Gasteiger partial charge in [0.15, 0.2) is 0 Å². The van der Waals surface area contributed by atoms with Gasteiger partial charge in [0.2, 0.25) is 21.8 Å². The summed E-state index contributed by atoms with van der Waals surface area (Å²) in [6, 6.07) is 9.57. The summed E-state index contributed by atoms with van der Waals surface area (Å²) >= 11 is 0. The van der Waals surface area contributed by atoms with E-state index in [0.717, 1.165) is 5.56 Å². The van der Waals surface area contributed by atoms with Gasteiger partial charge in [0, 0.05) is 19.7 Å². The van der Waals surface area contributed by atoms with Crippen LogP contribution >= 0.6 is 0 Å². The second-order valence-electron chi connectivity index (χ2n) is 5.56. The molecular formula is C15H22N4O3S. The van der Waals surface area contributed by atoms with E-state index in [0.29, 0.717) is 31.3 Å². The van der Waals surface area contributed by atoms with Crippen molar-refractivity contribution in [2.45, 2.75) is 13.0 Å². The summed E-state index contributed by atoms with van der Waals surface area (Å²) in [7, 11) is 1.84. The van der Waals surface area contributed by atoms with Crippen LogP contribution in [-0.4, -0.2) is 61.3 Å². The van der Waals surface area contributed by atoms with Crippen LogP contribution in [0.25, 0.3) is 11.5 Å². The lowest BCUT2D eigenvalue weighted by molar-refractivity contribution is 0.290. The molecular weight excluding hydrogens is 316 g/mol. The molecule has 1 aromatic carbocycles. The highest BCUT2D eigenvalue weighted by atomic mass is 32.2. The second-order valence-corrected chi connectivity index (χ2v) is 7.86. The van der Waals surface area contributed by atoms with E-state index in [-0.39, 0.29) is 5.75 Å². The first-order valence-electron chi connectivity index (χ1n) is 7.35. The Kier molecular flexibility index (Phi) is 5.86. The van der Waals surface area contributed by atoms with Crippen molar-refractivity contribution in [1.29, 1.82) is 0 Å². The molecule has 0 saturated heterocycles. The van der Waals surface area contributed by atoms with Gasteiger partial charge in [-0.2, -0.15) is 0 Å². The Morgan fingerprint density at radius 2 is 1.78 bits per heavy atom. The van der Waals surface area contributed by atoms with Gasteiger partial charge >= 0.3 is 0 Å². The van der Waals surface area contributed by atoms with Crippen LogP contribution in [0, 0.1) is 0 Å². The Bertz CT molecular complexity index is 713. The average molecular weight is 338 g/mol. The Balaban J connectivity index is 1.84.